The fourth-order valence-corrected chi connectivity index (χ4v) is 3.61. The molecule has 3 amide bonds. The van der Waals surface area contributed by atoms with Gasteiger partial charge in [0.15, 0.2) is 6.04 Å². The van der Waals surface area contributed by atoms with Crippen LogP contribution in [0, 0.1) is 5.92 Å². The highest BCUT2D eigenvalue weighted by molar-refractivity contribution is 7.10. The van der Waals surface area contributed by atoms with E-state index in [4.69, 9.17) is 5.73 Å². The molecule has 25 heavy (non-hydrogen) atoms. The molecule has 0 aliphatic carbocycles. The van der Waals surface area contributed by atoms with Crippen LogP contribution in [0.1, 0.15) is 42.8 Å². The van der Waals surface area contributed by atoms with Crippen molar-refractivity contribution in [3.05, 3.63) is 57.8 Å². The Morgan fingerprint density at radius 2 is 1.84 bits per heavy atom. The van der Waals surface area contributed by atoms with Crippen molar-refractivity contribution in [3.63, 3.8) is 0 Å². The summed E-state index contributed by atoms with van der Waals surface area (Å²) in [6, 6.07) is 11.4. The molecule has 0 saturated carbocycles. The van der Waals surface area contributed by atoms with E-state index in [9.17, 15) is 9.59 Å². The summed E-state index contributed by atoms with van der Waals surface area (Å²) in [5.41, 5.74) is 7.48. The number of carbonyl (C=O) groups excluding carboxylic acids is 2. The molecule has 0 saturated heterocycles. The lowest BCUT2D eigenvalue weighted by atomic mass is 9.98. The van der Waals surface area contributed by atoms with Crippen LogP contribution in [0.5, 0.6) is 0 Å². The van der Waals surface area contributed by atoms with Gasteiger partial charge in [-0.25, -0.2) is 4.79 Å². The zero-order valence-corrected chi connectivity index (χ0v) is 15.7. The Bertz CT molecular complexity index is 696. The molecule has 5 nitrogen and oxygen atoms in total. The quantitative estimate of drug-likeness (QED) is 0.706. The second kappa shape index (κ2) is 8.78. The summed E-state index contributed by atoms with van der Waals surface area (Å²) in [5.74, 6) is 0.230. The predicted octanol–water partition coefficient (Wildman–Crippen LogP) is 2.18. The Hall–Kier alpha value is -2.18. The molecule has 0 fully saturated rings. The number of amides is 3. The molecule has 0 bridgehead atoms. The first-order chi connectivity index (χ1) is 11.9. The number of primary amides is 1. The van der Waals surface area contributed by atoms with Crippen molar-refractivity contribution >= 4 is 23.3 Å². The minimum absolute atomic E-state index is 0.00160. The van der Waals surface area contributed by atoms with Crippen molar-refractivity contribution in [2.45, 2.75) is 39.3 Å². The molecule has 1 aromatic carbocycles. The zero-order chi connectivity index (χ0) is 18.4. The van der Waals surface area contributed by atoms with Crippen molar-refractivity contribution in [2.75, 3.05) is 0 Å². The Kier molecular flexibility index (Phi) is 6.73. The SMILES string of the molecule is CC(C)Cc1ccc([C@@H]([NH2+][C@H](C)C(=O)NC(N)=O)c2cccs2)cc1. The topological polar surface area (TPSA) is 88.8 Å². The van der Waals surface area contributed by atoms with Crippen LogP contribution in [0.25, 0.3) is 0 Å². The maximum absolute atomic E-state index is 12.0. The first-order valence-corrected chi connectivity index (χ1v) is 9.32. The van der Waals surface area contributed by atoms with E-state index in [0.717, 1.165) is 16.9 Å². The summed E-state index contributed by atoms with van der Waals surface area (Å²) in [4.78, 5) is 24.1. The van der Waals surface area contributed by atoms with Gasteiger partial charge in [0, 0.05) is 5.56 Å². The highest BCUT2D eigenvalue weighted by atomic mass is 32.1. The predicted molar refractivity (Wildman–Crippen MR) is 100 cm³/mol. The molecule has 2 aromatic rings. The molecule has 0 aliphatic heterocycles. The van der Waals surface area contributed by atoms with Crippen molar-refractivity contribution < 1.29 is 14.9 Å². The van der Waals surface area contributed by atoms with E-state index < -0.39 is 12.1 Å². The lowest BCUT2D eigenvalue weighted by Crippen LogP contribution is -2.92. The van der Waals surface area contributed by atoms with E-state index in [1.54, 1.807) is 18.3 Å². The van der Waals surface area contributed by atoms with Crippen LogP contribution in [-0.4, -0.2) is 18.0 Å². The number of hydrogen-bond donors (Lipinski definition) is 3. The molecule has 0 unspecified atom stereocenters. The van der Waals surface area contributed by atoms with Gasteiger partial charge < -0.3 is 11.1 Å². The number of thiophene rings is 1. The average molecular weight is 361 g/mol. The van der Waals surface area contributed by atoms with Gasteiger partial charge in [-0.15, -0.1) is 11.3 Å². The molecule has 2 rings (SSSR count). The Morgan fingerprint density at radius 1 is 1.16 bits per heavy atom. The van der Waals surface area contributed by atoms with Gasteiger partial charge in [-0.05, 0) is 36.3 Å². The van der Waals surface area contributed by atoms with Gasteiger partial charge in [0.1, 0.15) is 6.04 Å². The van der Waals surface area contributed by atoms with Crippen molar-refractivity contribution in [2.24, 2.45) is 11.7 Å². The fourth-order valence-electron chi connectivity index (χ4n) is 2.78. The number of imide groups is 1. The number of rotatable bonds is 7. The van der Waals surface area contributed by atoms with Crippen molar-refractivity contribution in [1.29, 1.82) is 0 Å². The number of benzene rings is 1. The van der Waals surface area contributed by atoms with Crippen LogP contribution < -0.4 is 16.4 Å². The summed E-state index contributed by atoms with van der Waals surface area (Å²) >= 11 is 1.65. The molecule has 1 heterocycles. The van der Waals surface area contributed by atoms with E-state index >= 15 is 0 Å². The summed E-state index contributed by atoms with van der Waals surface area (Å²) in [6.07, 6.45) is 1.05. The van der Waals surface area contributed by atoms with Gasteiger partial charge in [-0.3, -0.25) is 10.1 Å². The lowest BCUT2D eigenvalue weighted by molar-refractivity contribution is -0.704. The molecule has 0 radical (unpaired) electrons. The van der Waals surface area contributed by atoms with Crippen molar-refractivity contribution in [3.8, 4) is 0 Å². The molecule has 6 heteroatoms. The monoisotopic (exact) mass is 360 g/mol. The van der Waals surface area contributed by atoms with Gasteiger partial charge in [-0.1, -0.05) is 44.2 Å². The number of nitrogens with two attached hydrogens (primary N) is 2. The standard InChI is InChI=1S/C19H25N3O2S/c1-12(2)11-14-6-8-15(9-7-14)17(16-5-4-10-25-16)21-13(3)18(23)22-19(20)24/h4-10,12-13,17,21H,11H2,1-3H3,(H3,20,22,23,24)/p+1/t13-,17-/m1/s1. The van der Waals surface area contributed by atoms with Gasteiger partial charge >= 0.3 is 6.03 Å². The van der Waals surface area contributed by atoms with E-state index in [2.05, 4.69) is 49.5 Å². The minimum Gasteiger partial charge on any atom is -0.351 e. The van der Waals surface area contributed by atoms with Crippen molar-refractivity contribution in [1.82, 2.24) is 5.32 Å². The Balaban J connectivity index is 2.19. The summed E-state index contributed by atoms with van der Waals surface area (Å²) < 4.78 is 0. The van der Waals surface area contributed by atoms with Crippen LogP contribution in [0.3, 0.4) is 0 Å². The minimum atomic E-state index is -0.823. The van der Waals surface area contributed by atoms with Gasteiger partial charge in [0.2, 0.25) is 0 Å². The highest BCUT2D eigenvalue weighted by Crippen LogP contribution is 2.23. The second-order valence-corrected chi connectivity index (χ2v) is 7.65. The molecule has 2 atom stereocenters. The second-order valence-electron chi connectivity index (χ2n) is 6.67. The smallest absolute Gasteiger partial charge is 0.319 e. The third kappa shape index (κ3) is 5.69. The van der Waals surface area contributed by atoms with E-state index in [-0.39, 0.29) is 11.9 Å². The molecule has 5 N–H and O–H groups in total. The third-order valence-electron chi connectivity index (χ3n) is 3.97. The van der Waals surface area contributed by atoms with Gasteiger partial charge in [0.05, 0.1) is 4.88 Å². The molecular weight excluding hydrogens is 334 g/mol. The van der Waals surface area contributed by atoms with Gasteiger partial charge in [-0.2, -0.15) is 0 Å². The van der Waals surface area contributed by atoms with E-state index in [0.29, 0.717) is 5.92 Å². The molecule has 134 valence electrons. The molecule has 0 spiro atoms. The molecule has 0 aliphatic rings. The van der Waals surface area contributed by atoms with Gasteiger partial charge in [0.25, 0.3) is 5.91 Å². The van der Waals surface area contributed by atoms with Crippen LogP contribution in [0.4, 0.5) is 4.79 Å². The lowest BCUT2D eigenvalue weighted by Gasteiger charge is -2.19. The number of urea groups is 1. The maximum atomic E-state index is 12.0. The van der Waals surface area contributed by atoms with E-state index in [1.165, 1.54) is 5.56 Å². The number of hydrogen-bond acceptors (Lipinski definition) is 3. The Morgan fingerprint density at radius 3 is 2.36 bits per heavy atom. The Labute approximate surface area is 152 Å². The maximum Gasteiger partial charge on any atom is 0.319 e. The van der Waals surface area contributed by atoms with Crippen LogP contribution >= 0.6 is 11.3 Å². The zero-order valence-electron chi connectivity index (χ0n) is 14.9. The number of carbonyl (C=O) groups is 2. The molecular formula is C19H26N3O2S+. The van der Waals surface area contributed by atoms with Crippen LogP contribution in [0.2, 0.25) is 0 Å². The third-order valence-corrected chi connectivity index (χ3v) is 4.93. The number of quaternary nitrogens is 1. The molecule has 1 aromatic heterocycles. The normalized spacial score (nSPS) is 13.4. The highest BCUT2D eigenvalue weighted by Gasteiger charge is 2.26. The van der Waals surface area contributed by atoms with E-state index in [1.807, 2.05) is 16.8 Å². The first-order valence-electron chi connectivity index (χ1n) is 8.44. The largest absolute Gasteiger partial charge is 0.351 e. The number of nitrogens with one attached hydrogen (secondary N) is 1. The first kappa shape index (κ1) is 19.1. The van der Waals surface area contributed by atoms with Crippen LogP contribution in [0.15, 0.2) is 41.8 Å². The summed E-state index contributed by atoms with van der Waals surface area (Å²) in [5, 5.41) is 6.13. The summed E-state index contributed by atoms with van der Waals surface area (Å²) in [7, 11) is 0. The fraction of sp³-hybridized carbons (Fsp3) is 0.368. The summed E-state index contributed by atoms with van der Waals surface area (Å²) in [6.45, 7) is 6.18. The van der Waals surface area contributed by atoms with Crippen LogP contribution in [-0.2, 0) is 11.2 Å². The average Bonchev–Trinajstić information content (AvgIpc) is 3.06.